The van der Waals surface area contributed by atoms with Gasteiger partial charge < -0.3 is 97.4 Å². The molecular formula is C56H98N16O13. The molecule has 29 nitrogen and oxygen atoms in total. The average molecular weight is 1200 g/mol. The molecule has 480 valence electrons. The van der Waals surface area contributed by atoms with E-state index in [1.807, 2.05) is 0 Å². The molecule has 23 N–H and O–H groups in total. The van der Waals surface area contributed by atoms with E-state index in [0.717, 1.165) is 19.3 Å². The second-order valence-corrected chi connectivity index (χ2v) is 22.0. The zero-order chi connectivity index (χ0) is 63.8. The smallest absolute Gasteiger partial charge is 0.245 e. The van der Waals surface area contributed by atoms with Gasteiger partial charge in [-0.15, -0.1) is 0 Å². The van der Waals surface area contributed by atoms with Crippen LogP contribution in [0.25, 0.3) is 0 Å². The van der Waals surface area contributed by atoms with Gasteiger partial charge in [0.2, 0.25) is 65.0 Å². The molecule has 13 atom stereocenters. The van der Waals surface area contributed by atoms with Crippen LogP contribution < -0.4 is 87.2 Å². The van der Waals surface area contributed by atoms with Crippen LogP contribution >= 0.6 is 0 Å². The van der Waals surface area contributed by atoms with E-state index in [2.05, 4.69) is 72.3 Å². The van der Waals surface area contributed by atoms with Gasteiger partial charge in [0.15, 0.2) is 0 Å². The molecule has 1 saturated heterocycles. The number of aliphatic hydroxyl groups excluding tert-OH is 2. The molecule has 0 spiro atoms. The van der Waals surface area contributed by atoms with Gasteiger partial charge in [-0.3, -0.25) is 52.7 Å². The van der Waals surface area contributed by atoms with Crippen LogP contribution in [0.4, 0.5) is 0 Å². The lowest BCUT2D eigenvalue weighted by Gasteiger charge is -2.29. The molecule has 1 aromatic rings. The highest BCUT2D eigenvalue weighted by molar-refractivity contribution is 5.99. The Bertz CT molecular complexity index is 2320. The van der Waals surface area contributed by atoms with Crippen LogP contribution in [0.2, 0.25) is 0 Å². The third kappa shape index (κ3) is 26.9. The Morgan fingerprint density at radius 3 is 1.56 bits per heavy atom. The molecule has 1 aromatic carbocycles. The van der Waals surface area contributed by atoms with Crippen LogP contribution in [0, 0.1) is 11.8 Å². The predicted molar refractivity (Wildman–Crippen MR) is 316 cm³/mol. The highest BCUT2D eigenvalue weighted by Crippen LogP contribution is 2.14. The fraction of sp³-hybridized carbons (Fsp3) is 0.696. The van der Waals surface area contributed by atoms with Gasteiger partial charge in [0, 0.05) is 19.4 Å². The first-order chi connectivity index (χ1) is 40.3. The zero-order valence-corrected chi connectivity index (χ0v) is 50.2. The third-order valence-corrected chi connectivity index (χ3v) is 14.3. The molecule has 0 saturated carbocycles. The number of unbranched alkanes of at least 4 members (excludes halogenated alkanes) is 1. The molecule has 0 radical (unpaired) electrons. The van der Waals surface area contributed by atoms with E-state index >= 15 is 0 Å². The minimum absolute atomic E-state index is 0.0173. The van der Waals surface area contributed by atoms with Crippen LogP contribution in [0.1, 0.15) is 124 Å². The number of benzene rings is 1. The quantitative estimate of drug-likeness (QED) is 0.0333. The van der Waals surface area contributed by atoms with E-state index in [1.54, 1.807) is 44.2 Å². The van der Waals surface area contributed by atoms with Crippen molar-refractivity contribution in [1.29, 1.82) is 0 Å². The van der Waals surface area contributed by atoms with Crippen molar-refractivity contribution in [3.8, 4) is 0 Å². The SMILES string of the molecule is CC[C@H](C)CCCCC(=O)N[C@@H](CCN)C(=O)N[C@H](C(=O)N[C@@H](CCN)C(=O)N[C@H]1CCNC(=O)[C@H]([C@@H](C)O)NC(=O)[C@H](CCN)NC(=O)[C@H](CCN)NC(=O)[C@H](CC(C)C)NC(=O)[C@@H](Cc2ccccc2)NC(=O)[C@@H](CCN)NC1=O)[C@@H](C)O. The third-order valence-electron chi connectivity index (χ3n) is 14.3. The fourth-order valence-corrected chi connectivity index (χ4v) is 9.12. The van der Waals surface area contributed by atoms with Gasteiger partial charge in [-0.2, -0.15) is 0 Å². The van der Waals surface area contributed by atoms with E-state index < -0.39 is 151 Å². The van der Waals surface area contributed by atoms with E-state index in [0.29, 0.717) is 17.9 Å². The van der Waals surface area contributed by atoms with Crippen LogP contribution in [-0.4, -0.2) is 187 Å². The standard InChI is InChI=1S/C56H98N16O13/c1-7-32(4)13-11-12-16-44(75)63-36(17-23-57)51(80)72-46(34(6)74)56(85)68-39(20-26-60)48(77)67-41-22-28-62-55(84)45(33(5)73)71-52(81)40(21-27-61)65-47(76)37(18-24-58)66-53(82)42(29-31(2)3)69-54(83)43(30-35-14-9-8-10-15-35)70-49(78)38(19-25-59)64-50(41)79/h8-10,14-15,31-34,36-43,45-46,73-74H,7,11-13,16-30,57-61H2,1-6H3,(H,62,84)(H,63,75)(H,64,79)(H,65,76)(H,66,82)(H,67,77)(H,68,85)(H,69,83)(H,70,78)(H,71,81)(H,72,80)/t32-,33+,34+,36-,37-,38+,39-,40-,41-,42-,43+,45-,46-/m0/s1. The fourth-order valence-electron chi connectivity index (χ4n) is 9.12. The number of rotatable bonds is 29. The minimum atomic E-state index is -1.70. The number of nitrogens with two attached hydrogens (primary N) is 5. The summed E-state index contributed by atoms with van der Waals surface area (Å²) in [6.45, 7) is 9.00. The van der Waals surface area contributed by atoms with Gasteiger partial charge in [-0.05, 0) is 115 Å². The van der Waals surface area contributed by atoms with Crippen molar-refractivity contribution in [2.75, 3.05) is 39.3 Å². The zero-order valence-electron chi connectivity index (χ0n) is 50.2. The maximum absolute atomic E-state index is 14.5. The molecule has 0 aromatic heterocycles. The summed E-state index contributed by atoms with van der Waals surface area (Å²) in [6.07, 6.45) is -1.05. The van der Waals surface area contributed by atoms with Gasteiger partial charge in [-0.1, -0.05) is 77.3 Å². The van der Waals surface area contributed by atoms with E-state index in [-0.39, 0.29) is 90.0 Å². The molecular weight excluding hydrogens is 1100 g/mol. The van der Waals surface area contributed by atoms with Crippen molar-refractivity contribution in [1.82, 2.24) is 58.5 Å². The summed E-state index contributed by atoms with van der Waals surface area (Å²) >= 11 is 0. The van der Waals surface area contributed by atoms with Crippen LogP contribution in [-0.2, 0) is 59.2 Å². The van der Waals surface area contributed by atoms with Gasteiger partial charge >= 0.3 is 0 Å². The summed E-state index contributed by atoms with van der Waals surface area (Å²) in [5.41, 5.74) is 29.9. The summed E-state index contributed by atoms with van der Waals surface area (Å²) in [4.78, 5) is 154. The second-order valence-electron chi connectivity index (χ2n) is 22.0. The van der Waals surface area contributed by atoms with E-state index in [4.69, 9.17) is 28.7 Å². The number of carbonyl (C=O) groups excluding carboxylic acids is 11. The highest BCUT2D eigenvalue weighted by atomic mass is 16.3. The Hall–Kier alpha value is -6.89. The summed E-state index contributed by atoms with van der Waals surface area (Å²) < 4.78 is 0. The number of aliphatic hydroxyl groups is 2. The van der Waals surface area contributed by atoms with E-state index in [9.17, 15) is 63.0 Å². The summed E-state index contributed by atoms with van der Waals surface area (Å²) in [5, 5.41) is 49.7. The largest absolute Gasteiger partial charge is 0.391 e. The number of hydrogen-bond acceptors (Lipinski definition) is 18. The lowest BCUT2D eigenvalue weighted by molar-refractivity contribution is -0.137. The summed E-state index contributed by atoms with van der Waals surface area (Å²) in [5.74, 6) is -9.45. The Balaban J connectivity index is 2.67. The first-order valence-corrected chi connectivity index (χ1v) is 29.5. The lowest BCUT2D eigenvalue weighted by atomic mass is 10.00. The van der Waals surface area contributed by atoms with Gasteiger partial charge in [0.25, 0.3) is 0 Å². The minimum Gasteiger partial charge on any atom is -0.391 e. The monoisotopic (exact) mass is 1200 g/mol. The summed E-state index contributed by atoms with van der Waals surface area (Å²) in [6, 6.07) is -6.23. The maximum atomic E-state index is 14.5. The second kappa shape index (κ2) is 39.7. The number of hydrogen-bond donors (Lipinski definition) is 18. The molecule has 0 bridgehead atoms. The predicted octanol–water partition coefficient (Wildman–Crippen LogP) is -5.24. The Labute approximate surface area is 498 Å². The first kappa shape index (κ1) is 74.2. The average Bonchev–Trinajstić information content (AvgIpc) is 3.67. The van der Waals surface area contributed by atoms with Gasteiger partial charge in [0.05, 0.1) is 12.2 Å². The molecule has 0 aliphatic carbocycles. The van der Waals surface area contributed by atoms with Crippen molar-refractivity contribution in [2.45, 2.75) is 198 Å². The number of carbonyl (C=O) groups is 11. The molecule has 1 aliphatic rings. The molecule has 85 heavy (non-hydrogen) atoms. The molecule has 11 amide bonds. The number of nitrogens with one attached hydrogen (secondary N) is 11. The van der Waals surface area contributed by atoms with Crippen LogP contribution in [0.3, 0.4) is 0 Å². The van der Waals surface area contributed by atoms with Crippen molar-refractivity contribution in [3.05, 3.63) is 35.9 Å². The van der Waals surface area contributed by atoms with Gasteiger partial charge in [-0.25, -0.2) is 0 Å². The Morgan fingerprint density at radius 2 is 1.06 bits per heavy atom. The Morgan fingerprint density at radius 1 is 0.565 bits per heavy atom. The maximum Gasteiger partial charge on any atom is 0.245 e. The van der Waals surface area contributed by atoms with Crippen molar-refractivity contribution < 1.29 is 63.0 Å². The van der Waals surface area contributed by atoms with Gasteiger partial charge in [0.1, 0.15) is 60.4 Å². The van der Waals surface area contributed by atoms with Crippen LogP contribution in [0.5, 0.6) is 0 Å². The molecule has 2 rings (SSSR count). The molecule has 1 fully saturated rings. The summed E-state index contributed by atoms with van der Waals surface area (Å²) in [7, 11) is 0. The lowest BCUT2D eigenvalue weighted by Crippen LogP contribution is -2.62. The molecule has 29 heteroatoms. The van der Waals surface area contributed by atoms with Crippen molar-refractivity contribution >= 4 is 65.0 Å². The van der Waals surface area contributed by atoms with Crippen LogP contribution in [0.15, 0.2) is 30.3 Å². The normalized spacial score (nSPS) is 22.9. The molecule has 1 heterocycles. The molecule has 0 unspecified atom stereocenters. The van der Waals surface area contributed by atoms with E-state index in [1.165, 1.54) is 13.8 Å². The van der Waals surface area contributed by atoms with Crippen molar-refractivity contribution in [2.24, 2.45) is 40.5 Å². The highest BCUT2D eigenvalue weighted by Gasteiger charge is 2.37. The number of amides is 11. The van der Waals surface area contributed by atoms with Crippen molar-refractivity contribution in [3.63, 3.8) is 0 Å². The first-order valence-electron chi connectivity index (χ1n) is 29.5. The topological polar surface area (TPSA) is 491 Å². The Kier molecular flexibility index (Phi) is 34.6. The molecule has 1 aliphatic heterocycles.